The van der Waals surface area contributed by atoms with E-state index in [1.54, 1.807) is 24.3 Å². The van der Waals surface area contributed by atoms with Crippen molar-refractivity contribution in [3.63, 3.8) is 0 Å². The van der Waals surface area contributed by atoms with Gasteiger partial charge in [-0.3, -0.25) is 0 Å². The van der Waals surface area contributed by atoms with Gasteiger partial charge in [0.2, 0.25) is 0 Å². The molecular formula is C12H17N3O3P+. The summed E-state index contributed by atoms with van der Waals surface area (Å²) >= 11 is 0. The second-order valence-corrected chi connectivity index (χ2v) is 4.49. The van der Waals surface area contributed by atoms with Crippen molar-refractivity contribution in [3.05, 3.63) is 67.5 Å². The fourth-order valence-corrected chi connectivity index (χ4v) is 1.93. The van der Waals surface area contributed by atoms with Crippen LogP contribution in [0.1, 0.15) is 0 Å². The topological polar surface area (TPSA) is 111 Å². The van der Waals surface area contributed by atoms with Crippen molar-refractivity contribution in [2.75, 3.05) is 0 Å². The van der Waals surface area contributed by atoms with Crippen LogP contribution in [0, 0.1) is 5.53 Å². The Bertz CT molecular complexity index is 488. The molecule has 0 amide bonds. The highest BCUT2D eigenvalue weighted by Gasteiger charge is 2.21. The number of nitrogens with two attached hydrogens (primary N) is 2. The minimum Gasteiger partial charge on any atom is -0.405 e. The van der Waals surface area contributed by atoms with Crippen molar-refractivity contribution in [1.82, 2.24) is 0 Å². The van der Waals surface area contributed by atoms with E-state index in [-0.39, 0.29) is 5.76 Å². The molecule has 0 aliphatic heterocycles. The molecule has 1 unspecified atom stereocenters. The number of allylic oxidation sites excluding steroid dienone is 3. The molecule has 7 heteroatoms. The molecule has 102 valence electrons. The normalized spacial score (nSPS) is 13.2. The highest BCUT2D eigenvalue weighted by Crippen LogP contribution is 2.42. The van der Waals surface area contributed by atoms with E-state index in [9.17, 15) is 4.57 Å². The Labute approximate surface area is 112 Å². The van der Waals surface area contributed by atoms with Crippen LogP contribution in [0.2, 0.25) is 0 Å². The van der Waals surface area contributed by atoms with E-state index in [2.05, 4.69) is 18.7 Å². The summed E-state index contributed by atoms with van der Waals surface area (Å²) in [6, 6.07) is 8.55. The van der Waals surface area contributed by atoms with E-state index >= 15 is 0 Å². The van der Waals surface area contributed by atoms with Crippen LogP contribution in [0.25, 0.3) is 0 Å². The molecule has 0 aliphatic rings. The molecule has 0 fully saturated rings. The van der Waals surface area contributed by atoms with E-state index in [0.29, 0.717) is 5.75 Å². The molecule has 1 rings (SSSR count). The van der Waals surface area contributed by atoms with E-state index in [1.165, 1.54) is 18.2 Å². The molecule has 5 N–H and O–H groups in total. The molecule has 1 atom stereocenters. The van der Waals surface area contributed by atoms with Gasteiger partial charge in [-0.1, -0.05) is 43.0 Å². The van der Waals surface area contributed by atoms with Crippen LogP contribution in [-0.4, -0.2) is 0 Å². The maximum absolute atomic E-state index is 11.8. The second kappa shape index (κ2) is 8.85. The highest BCUT2D eigenvalue weighted by molar-refractivity contribution is 7.51. The first kappa shape index (κ1) is 16.8. The molecule has 0 radical (unpaired) electrons. The van der Waals surface area contributed by atoms with Crippen LogP contribution in [0.3, 0.4) is 0 Å². The number of para-hydroxylation sites is 1. The summed E-state index contributed by atoms with van der Waals surface area (Å²) in [5.74, 6) is 0.613. The van der Waals surface area contributed by atoms with Gasteiger partial charge in [-0.25, -0.2) is 10.1 Å². The van der Waals surface area contributed by atoms with E-state index in [0.717, 1.165) is 0 Å². The summed E-state index contributed by atoms with van der Waals surface area (Å²) in [4.78, 5) is 0. The first-order valence-corrected chi connectivity index (χ1v) is 6.75. The molecule has 0 aromatic heterocycles. The number of benzene rings is 1. The van der Waals surface area contributed by atoms with Crippen molar-refractivity contribution in [3.8, 4) is 5.75 Å². The fourth-order valence-electron chi connectivity index (χ4n) is 1.05. The van der Waals surface area contributed by atoms with Gasteiger partial charge in [0, 0.05) is 0 Å². The zero-order valence-electron chi connectivity index (χ0n) is 10.4. The summed E-state index contributed by atoms with van der Waals surface area (Å²) < 4.78 is 21.9. The third-order valence-electron chi connectivity index (χ3n) is 1.69. The maximum atomic E-state index is 11.8. The summed E-state index contributed by atoms with van der Waals surface area (Å²) in [6.07, 6.45) is 4.33. The molecule has 0 saturated heterocycles. The Balaban J connectivity index is 0.00000154. The van der Waals surface area contributed by atoms with Crippen molar-refractivity contribution in [2.45, 2.75) is 0 Å². The fraction of sp³-hybridized carbons (Fsp3) is 0. The Kier molecular flexibility index (Phi) is 7.84. The summed E-state index contributed by atoms with van der Waals surface area (Å²) in [6.45, 7) is 6.98. The van der Waals surface area contributed by atoms with Gasteiger partial charge in [0.15, 0.2) is 0 Å². The van der Waals surface area contributed by atoms with Crippen LogP contribution in [-0.2, 0) is 9.09 Å². The van der Waals surface area contributed by atoms with Gasteiger partial charge < -0.3 is 9.05 Å². The molecule has 1 aromatic rings. The smallest absolute Gasteiger partial charge is 0.405 e. The lowest BCUT2D eigenvalue weighted by atomic mass is 10.3. The second-order valence-electron chi connectivity index (χ2n) is 3.04. The zero-order valence-corrected chi connectivity index (χ0v) is 11.3. The van der Waals surface area contributed by atoms with E-state index in [4.69, 9.17) is 20.1 Å². The number of nitrogens with one attached hydrogen (secondary N) is 1. The average Bonchev–Trinajstić information content (AvgIpc) is 2.41. The molecule has 0 heterocycles. The van der Waals surface area contributed by atoms with Crippen LogP contribution in [0.15, 0.2) is 67.5 Å². The van der Waals surface area contributed by atoms with Crippen molar-refractivity contribution in [2.24, 2.45) is 5.50 Å². The molecular weight excluding hydrogens is 265 g/mol. The van der Waals surface area contributed by atoms with Crippen LogP contribution in [0.5, 0.6) is 5.75 Å². The van der Waals surface area contributed by atoms with Crippen LogP contribution in [0.4, 0.5) is 0 Å². The molecule has 0 saturated carbocycles. The third kappa shape index (κ3) is 6.98. The maximum Gasteiger partial charge on any atom is 0.510 e. The highest BCUT2D eigenvalue weighted by atomic mass is 31.2. The predicted octanol–water partition coefficient (Wildman–Crippen LogP) is 2.18. The molecule has 0 aliphatic carbocycles. The zero-order chi connectivity index (χ0) is 14.7. The lowest BCUT2D eigenvalue weighted by molar-refractivity contribution is -0.249. The molecule has 6 nitrogen and oxygen atoms in total. The van der Waals surface area contributed by atoms with Gasteiger partial charge in [0.25, 0.3) is 0 Å². The van der Waals surface area contributed by atoms with Gasteiger partial charge in [0.1, 0.15) is 11.5 Å². The average molecular weight is 282 g/mol. The van der Waals surface area contributed by atoms with Gasteiger partial charge >= 0.3 is 7.75 Å². The number of hydrogen-bond acceptors (Lipinski definition) is 4. The lowest BCUT2D eigenvalue weighted by Gasteiger charge is -2.15. The molecule has 0 spiro atoms. The molecule has 0 bridgehead atoms. The quantitative estimate of drug-likeness (QED) is 0.321. The van der Waals surface area contributed by atoms with Crippen LogP contribution >= 0.6 is 7.75 Å². The van der Waals surface area contributed by atoms with Gasteiger partial charge in [0.05, 0.1) is 0 Å². The standard InChI is InChI=1S/C12H14NO3P.H2N2/c1-3-8-11(4-2)15-17(13,14)16-12-9-6-5-7-10-12;1-2/h3-10H,1-2H2,(H2,13,14);1-2H/p+1/b11-8+;. The summed E-state index contributed by atoms with van der Waals surface area (Å²) in [5.41, 5.74) is 14.4. The predicted molar refractivity (Wildman–Crippen MR) is 73.1 cm³/mol. The number of rotatable bonds is 6. The number of hydrogen-bond donors (Lipinski definition) is 3. The lowest BCUT2D eigenvalue weighted by Crippen LogP contribution is -2.17. The summed E-state index contributed by atoms with van der Waals surface area (Å²) in [7, 11) is -3.70. The molecule has 19 heavy (non-hydrogen) atoms. The Morgan fingerprint density at radius 2 is 1.89 bits per heavy atom. The first-order chi connectivity index (χ1) is 9.07. The third-order valence-corrected chi connectivity index (χ3v) is 2.62. The van der Waals surface area contributed by atoms with Gasteiger partial charge in [-0.2, -0.15) is 5.53 Å². The first-order valence-electron chi connectivity index (χ1n) is 5.14. The Morgan fingerprint density at radius 3 is 2.37 bits per heavy atom. The van der Waals surface area contributed by atoms with Gasteiger partial charge in [-0.15, -0.1) is 0 Å². The molecule has 1 aromatic carbocycles. The van der Waals surface area contributed by atoms with Crippen molar-refractivity contribution in [1.29, 1.82) is 5.53 Å². The van der Waals surface area contributed by atoms with Gasteiger partial charge in [-0.05, 0) is 24.3 Å². The minimum absolute atomic E-state index is 0.238. The summed E-state index contributed by atoms with van der Waals surface area (Å²) in [5, 5.41) is 0. The largest absolute Gasteiger partial charge is 0.510 e. The SMILES string of the molecule is C=C/C=C(\C=C)OP(N)(=O)Oc1ccccc1.N=[NH2+]. The minimum atomic E-state index is -3.70. The van der Waals surface area contributed by atoms with Crippen LogP contribution < -0.4 is 15.6 Å². The van der Waals surface area contributed by atoms with Crippen molar-refractivity contribution < 1.29 is 19.1 Å². The Hall–Kier alpha value is -2.17. The van der Waals surface area contributed by atoms with E-state index < -0.39 is 7.75 Å². The monoisotopic (exact) mass is 282 g/mol. The van der Waals surface area contributed by atoms with Crippen molar-refractivity contribution >= 4 is 7.75 Å². The van der Waals surface area contributed by atoms with E-state index in [1.807, 2.05) is 6.07 Å². The Morgan fingerprint density at radius 1 is 1.32 bits per heavy atom.